The van der Waals surface area contributed by atoms with Gasteiger partial charge in [-0.1, -0.05) is 20.8 Å². The first-order valence-electron chi connectivity index (χ1n) is 8.03. The first-order valence-corrected chi connectivity index (χ1v) is 8.03. The standard InChI is InChI=1S/C16H28N4/c1-5-13-18-14(17-8-4)11-15(19-13)20-10-9-16(6-2,7-3)12-20/h11H,5-10,12H2,1-4H3,(H,17,18,19). The van der Waals surface area contributed by atoms with E-state index in [-0.39, 0.29) is 0 Å². The topological polar surface area (TPSA) is 41.0 Å². The van der Waals surface area contributed by atoms with Gasteiger partial charge in [0.05, 0.1) is 0 Å². The van der Waals surface area contributed by atoms with Crippen LogP contribution in [0.1, 0.15) is 52.8 Å². The number of aryl methyl sites for hydroxylation is 1. The van der Waals surface area contributed by atoms with E-state index in [0.717, 1.165) is 43.5 Å². The van der Waals surface area contributed by atoms with Gasteiger partial charge < -0.3 is 10.2 Å². The molecule has 1 fully saturated rings. The first-order chi connectivity index (χ1) is 9.66. The Morgan fingerprint density at radius 2 is 1.95 bits per heavy atom. The summed E-state index contributed by atoms with van der Waals surface area (Å²) in [7, 11) is 0. The van der Waals surface area contributed by atoms with Crippen LogP contribution >= 0.6 is 0 Å². The molecule has 1 aromatic rings. The smallest absolute Gasteiger partial charge is 0.134 e. The van der Waals surface area contributed by atoms with Crippen LogP contribution in [0.5, 0.6) is 0 Å². The maximum atomic E-state index is 4.73. The highest BCUT2D eigenvalue weighted by atomic mass is 15.2. The molecule has 0 spiro atoms. The van der Waals surface area contributed by atoms with E-state index in [1.165, 1.54) is 19.3 Å². The minimum absolute atomic E-state index is 0.482. The molecule has 1 aliphatic rings. The fraction of sp³-hybridized carbons (Fsp3) is 0.750. The normalized spacial score (nSPS) is 17.5. The quantitative estimate of drug-likeness (QED) is 0.863. The number of aromatic nitrogens is 2. The Balaban J connectivity index is 2.22. The van der Waals surface area contributed by atoms with Crippen LogP contribution in [-0.2, 0) is 6.42 Å². The summed E-state index contributed by atoms with van der Waals surface area (Å²) in [5, 5.41) is 3.32. The number of anilines is 2. The Bertz CT molecular complexity index is 440. The number of hydrogen-bond donors (Lipinski definition) is 1. The second-order valence-electron chi connectivity index (χ2n) is 5.79. The number of hydrogen-bond acceptors (Lipinski definition) is 4. The zero-order valence-corrected chi connectivity index (χ0v) is 13.4. The Hall–Kier alpha value is -1.32. The molecule has 4 heteroatoms. The molecule has 0 bridgehead atoms. The van der Waals surface area contributed by atoms with Crippen molar-refractivity contribution in [1.29, 1.82) is 0 Å². The van der Waals surface area contributed by atoms with Gasteiger partial charge in [0.15, 0.2) is 0 Å². The van der Waals surface area contributed by atoms with E-state index >= 15 is 0 Å². The summed E-state index contributed by atoms with van der Waals surface area (Å²) in [6, 6.07) is 2.10. The highest BCUT2D eigenvalue weighted by Gasteiger charge is 2.35. The van der Waals surface area contributed by atoms with Crippen molar-refractivity contribution in [3.63, 3.8) is 0 Å². The average molecular weight is 276 g/mol. The van der Waals surface area contributed by atoms with Crippen molar-refractivity contribution in [3.05, 3.63) is 11.9 Å². The van der Waals surface area contributed by atoms with Crippen LogP contribution in [0.15, 0.2) is 6.07 Å². The summed E-state index contributed by atoms with van der Waals surface area (Å²) >= 11 is 0. The van der Waals surface area contributed by atoms with E-state index in [1.807, 2.05) is 0 Å². The molecule has 20 heavy (non-hydrogen) atoms. The molecule has 0 unspecified atom stereocenters. The lowest BCUT2D eigenvalue weighted by Gasteiger charge is -2.27. The maximum Gasteiger partial charge on any atom is 0.134 e. The third-order valence-corrected chi connectivity index (χ3v) is 4.70. The molecule has 0 atom stereocenters. The molecular formula is C16H28N4. The second-order valence-corrected chi connectivity index (χ2v) is 5.79. The number of rotatable bonds is 6. The van der Waals surface area contributed by atoms with Crippen LogP contribution < -0.4 is 10.2 Å². The summed E-state index contributed by atoms with van der Waals surface area (Å²) in [6.45, 7) is 12.0. The van der Waals surface area contributed by atoms with Gasteiger partial charge in [-0.05, 0) is 31.6 Å². The van der Waals surface area contributed by atoms with Crippen molar-refractivity contribution >= 4 is 11.6 Å². The van der Waals surface area contributed by atoms with Gasteiger partial charge in [0.25, 0.3) is 0 Å². The third kappa shape index (κ3) is 3.05. The average Bonchev–Trinajstić information content (AvgIpc) is 2.92. The highest BCUT2D eigenvalue weighted by molar-refractivity contribution is 5.50. The van der Waals surface area contributed by atoms with Crippen molar-refractivity contribution in [3.8, 4) is 0 Å². The zero-order chi connectivity index (χ0) is 14.6. The third-order valence-electron chi connectivity index (χ3n) is 4.70. The molecular weight excluding hydrogens is 248 g/mol. The molecule has 1 aromatic heterocycles. The molecule has 112 valence electrons. The predicted molar refractivity (Wildman–Crippen MR) is 85.4 cm³/mol. The molecule has 4 nitrogen and oxygen atoms in total. The molecule has 0 aliphatic carbocycles. The lowest BCUT2D eigenvalue weighted by atomic mass is 9.82. The summed E-state index contributed by atoms with van der Waals surface area (Å²) < 4.78 is 0. The van der Waals surface area contributed by atoms with Gasteiger partial charge in [0.1, 0.15) is 17.5 Å². The van der Waals surface area contributed by atoms with Crippen LogP contribution in [0, 0.1) is 5.41 Å². The van der Waals surface area contributed by atoms with Gasteiger partial charge in [0, 0.05) is 32.1 Å². The van der Waals surface area contributed by atoms with Crippen LogP contribution in [0.4, 0.5) is 11.6 Å². The van der Waals surface area contributed by atoms with Crippen molar-refractivity contribution in [1.82, 2.24) is 9.97 Å². The van der Waals surface area contributed by atoms with Crippen molar-refractivity contribution in [2.75, 3.05) is 29.9 Å². The summed E-state index contributed by atoms with van der Waals surface area (Å²) in [6.07, 6.45) is 4.67. The Kier molecular flexibility index (Phi) is 4.84. The number of nitrogens with one attached hydrogen (secondary N) is 1. The van der Waals surface area contributed by atoms with Crippen molar-refractivity contribution in [2.45, 2.75) is 53.4 Å². The van der Waals surface area contributed by atoms with E-state index in [0.29, 0.717) is 5.41 Å². The van der Waals surface area contributed by atoms with Crippen LogP contribution in [0.25, 0.3) is 0 Å². The minimum atomic E-state index is 0.482. The molecule has 0 amide bonds. The molecule has 0 radical (unpaired) electrons. The van der Waals surface area contributed by atoms with Gasteiger partial charge in [-0.15, -0.1) is 0 Å². The van der Waals surface area contributed by atoms with Crippen molar-refractivity contribution < 1.29 is 0 Å². The lowest BCUT2D eigenvalue weighted by molar-refractivity contribution is 0.301. The second kappa shape index (κ2) is 6.42. The molecule has 0 saturated carbocycles. The van der Waals surface area contributed by atoms with Crippen LogP contribution in [-0.4, -0.2) is 29.6 Å². The summed E-state index contributed by atoms with van der Waals surface area (Å²) in [5.41, 5.74) is 0.482. The van der Waals surface area contributed by atoms with E-state index in [4.69, 9.17) is 4.98 Å². The van der Waals surface area contributed by atoms with E-state index in [9.17, 15) is 0 Å². The summed E-state index contributed by atoms with van der Waals surface area (Å²) in [4.78, 5) is 11.7. The molecule has 2 heterocycles. The lowest BCUT2D eigenvalue weighted by Crippen LogP contribution is -2.27. The molecule has 1 aliphatic heterocycles. The maximum absolute atomic E-state index is 4.73. The van der Waals surface area contributed by atoms with Gasteiger partial charge in [-0.2, -0.15) is 0 Å². The zero-order valence-electron chi connectivity index (χ0n) is 13.4. The fourth-order valence-electron chi connectivity index (χ4n) is 3.03. The van der Waals surface area contributed by atoms with Gasteiger partial charge in [-0.25, -0.2) is 9.97 Å². The highest BCUT2D eigenvalue weighted by Crippen LogP contribution is 2.38. The summed E-state index contributed by atoms with van der Waals surface area (Å²) in [5.74, 6) is 2.99. The molecule has 1 N–H and O–H groups in total. The molecule has 0 aromatic carbocycles. The largest absolute Gasteiger partial charge is 0.370 e. The van der Waals surface area contributed by atoms with Crippen LogP contribution in [0.3, 0.4) is 0 Å². The van der Waals surface area contributed by atoms with E-state index in [2.05, 4.69) is 49.0 Å². The van der Waals surface area contributed by atoms with E-state index < -0.39 is 0 Å². The Morgan fingerprint density at radius 1 is 1.20 bits per heavy atom. The SMILES string of the molecule is CCNc1cc(N2CCC(CC)(CC)C2)nc(CC)n1. The van der Waals surface area contributed by atoms with Gasteiger partial charge >= 0.3 is 0 Å². The molecule has 2 rings (SSSR count). The van der Waals surface area contributed by atoms with E-state index in [1.54, 1.807) is 0 Å². The predicted octanol–water partition coefficient (Wildman–Crippen LogP) is 3.49. The fourth-order valence-corrected chi connectivity index (χ4v) is 3.03. The van der Waals surface area contributed by atoms with Gasteiger partial charge in [-0.3, -0.25) is 0 Å². The first kappa shape index (κ1) is 15.1. The van der Waals surface area contributed by atoms with Gasteiger partial charge in [0.2, 0.25) is 0 Å². The Morgan fingerprint density at radius 3 is 2.50 bits per heavy atom. The number of nitrogens with zero attached hydrogens (tertiary/aromatic N) is 3. The van der Waals surface area contributed by atoms with Crippen LogP contribution in [0.2, 0.25) is 0 Å². The monoisotopic (exact) mass is 276 g/mol. The minimum Gasteiger partial charge on any atom is -0.370 e. The van der Waals surface area contributed by atoms with Crippen molar-refractivity contribution in [2.24, 2.45) is 5.41 Å². The molecule has 1 saturated heterocycles. The Labute approximate surface area is 123 Å².